The van der Waals surface area contributed by atoms with Gasteiger partial charge in [0.05, 0.1) is 12.2 Å². The van der Waals surface area contributed by atoms with Crippen LogP contribution in [0.5, 0.6) is 0 Å². The van der Waals surface area contributed by atoms with Crippen molar-refractivity contribution >= 4 is 21.7 Å². The summed E-state index contributed by atoms with van der Waals surface area (Å²) in [5.74, 6) is -1.09. The number of carboxylic acid groups (broad SMARTS) is 1. The van der Waals surface area contributed by atoms with Gasteiger partial charge in [0.15, 0.2) is 0 Å². The first-order valence-corrected chi connectivity index (χ1v) is 6.50. The zero-order valence-corrected chi connectivity index (χ0v) is 9.90. The molecule has 0 heterocycles. The lowest BCUT2D eigenvalue weighted by Crippen LogP contribution is -2.15. The smallest absolute Gasteiger partial charge is 0.307 e. The second-order valence-corrected chi connectivity index (χ2v) is 5.21. The molecular weight excluding hydrogens is 242 g/mol. The first kappa shape index (κ1) is 13.2. The summed E-state index contributed by atoms with van der Waals surface area (Å²) in [6.45, 7) is 3.35. The van der Waals surface area contributed by atoms with Crippen molar-refractivity contribution in [1.82, 2.24) is 0 Å². The minimum absolute atomic E-state index is 0.0836. The van der Waals surface area contributed by atoms with Crippen LogP contribution in [0.15, 0.2) is 36.9 Å². The summed E-state index contributed by atoms with van der Waals surface area (Å²) in [7, 11) is -3.40. The van der Waals surface area contributed by atoms with Crippen molar-refractivity contribution < 1.29 is 18.3 Å². The third kappa shape index (κ3) is 4.69. The zero-order chi connectivity index (χ0) is 12.9. The first-order valence-electron chi connectivity index (χ1n) is 4.85. The number of rotatable bonds is 6. The Bertz CT molecular complexity index is 505. The molecule has 1 aromatic rings. The number of anilines is 1. The Kier molecular flexibility index (Phi) is 4.28. The third-order valence-electron chi connectivity index (χ3n) is 1.92. The third-order valence-corrected chi connectivity index (χ3v) is 3.14. The van der Waals surface area contributed by atoms with Crippen LogP contribution in [0.2, 0.25) is 0 Å². The normalized spacial score (nSPS) is 10.8. The monoisotopic (exact) mass is 255 g/mol. The molecule has 1 aromatic carbocycles. The molecule has 0 radical (unpaired) electrons. The summed E-state index contributed by atoms with van der Waals surface area (Å²) in [4.78, 5) is 10.4. The molecule has 0 spiro atoms. The Morgan fingerprint density at radius 2 is 1.94 bits per heavy atom. The van der Waals surface area contributed by atoms with Crippen molar-refractivity contribution in [1.29, 1.82) is 0 Å². The Morgan fingerprint density at radius 1 is 1.35 bits per heavy atom. The minimum Gasteiger partial charge on any atom is -0.481 e. The van der Waals surface area contributed by atoms with Gasteiger partial charge in [0.1, 0.15) is 0 Å². The van der Waals surface area contributed by atoms with E-state index >= 15 is 0 Å². The molecule has 0 saturated carbocycles. The molecule has 0 aliphatic heterocycles. The van der Waals surface area contributed by atoms with E-state index in [4.69, 9.17) is 5.11 Å². The van der Waals surface area contributed by atoms with Crippen molar-refractivity contribution in [2.24, 2.45) is 0 Å². The molecule has 92 valence electrons. The molecule has 5 nitrogen and oxygen atoms in total. The summed E-state index contributed by atoms with van der Waals surface area (Å²) >= 11 is 0. The number of hydrogen-bond acceptors (Lipinski definition) is 3. The van der Waals surface area contributed by atoms with Gasteiger partial charge in [-0.2, -0.15) is 0 Å². The van der Waals surface area contributed by atoms with Crippen LogP contribution < -0.4 is 4.72 Å². The number of hydrogen-bond donors (Lipinski definition) is 2. The summed E-state index contributed by atoms with van der Waals surface area (Å²) in [6.07, 6.45) is 1.21. The number of aliphatic carboxylic acids is 1. The van der Waals surface area contributed by atoms with E-state index in [9.17, 15) is 13.2 Å². The highest BCUT2D eigenvalue weighted by atomic mass is 32.2. The summed E-state index contributed by atoms with van der Waals surface area (Å²) in [6, 6.07) is 6.19. The van der Waals surface area contributed by atoms with E-state index in [2.05, 4.69) is 11.3 Å². The van der Waals surface area contributed by atoms with Crippen LogP contribution in [0.3, 0.4) is 0 Å². The van der Waals surface area contributed by atoms with Crippen LogP contribution in [0.1, 0.15) is 5.56 Å². The van der Waals surface area contributed by atoms with Crippen LogP contribution in [0.4, 0.5) is 5.69 Å². The lowest BCUT2D eigenvalue weighted by atomic mass is 10.1. The fraction of sp³-hybridized carbons (Fsp3) is 0.182. The summed E-state index contributed by atoms with van der Waals surface area (Å²) in [5, 5.41) is 8.57. The minimum atomic E-state index is -3.40. The van der Waals surface area contributed by atoms with Crippen LogP contribution in [-0.4, -0.2) is 25.2 Å². The highest BCUT2D eigenvalue weighted by Crippen LogP contribution is 2.12. The van der Waals surface area contributed by atoms with Crippen molar-refractivity contribution in [3.8, 4) is 0 Å². The van der Waals surface area contributed by atoms with E-state index in [-0.39, 0.29) is 12.2 Å². The van der Waals surface area contributed by atoms with Gasteiger partial charge in [0.2, 0.25) is 10.0 Å². The molecule has 0 amide bonds. The Labute approximate surface area is 99.8 Å². The zero-order valence-electron chi connectivity index (χ0n) is 9.09. The standard InChI is InChI=1S/C11H13NO4S/c1-2-7-17(15,16)12-10-5-3-9(4-6-10)8-11(13)14/h2-6,12H,1,7-8H2,(H,13,14). The van der Waals surface area contributed by atoms with E-state index in [1.165, 1.54) is 18.2 Å². The topological polar surface area (TPSA) is 83.5 Å². The Morgan fingerprint density at radius 3 is 2.41 bits per heavy atom. The quantitative estimate of drug-likeness (QED) is 0.749. The molecule has 0 atom stereocenters. The first-order chi connectivity index (χ1) is 7.93. The van der Waals surface area contributed by atoms with Gasteiger partial charge in [-0.1, -0.05) is 18.2 Å². The van der Waals surface area contributed by atoms with Gasteiger partial charge in [-0.3, -0.25) is 9.52 Å². The highest BCUT2D eigenvalue weighted by molar-refractivity contribution is 7.92. The SMILES string of the molecule is C=CCS(=O)(=O)Nc1ccc(CC(=O)O)cc1. The van der Waals surface area contributed by atoms with Crippen molar-refractivity contribution in [2.75, 3.05) is 10.5 Å². The fourth-order valence-electron chi connectivity index (χ4n) is 1.24. The second kappa shape index (κ2) is 5.49. The molecule has 1 rings (SSSR count). The molecule has 0 unspecified atom stereocenters. The molecule has 6 heteroatoms. The van der Waals surface area contributed by atoms with Crippen LogP contribution in [0.25, 0.3) is 0 Å². The summed E-state index contributed by atoms with van der Waals surface area (Å²) in [5.41, 5.74) is 1.02. The molecule has 0 saturated heterocycles. The molecule has 0 aromatic heterocycles. The predicted octanol–water partition coefficient (Wildman–Crippen LogP) is 1.24. The van der Waals surface area contributed by atoms with Gasteiger partial charge in [-0.25, -0.2) is 8.42 Å². The lowest BCUT2D eigenvalue weighted by Gasteiger charge is -2.06. The molecule has 0 aliphatic carbocycles. The number of carbonyl (C=O) groups is 1. The summed E-state index contributed by atoms with van der Waals surface area (Å²) < 4.78 is 25.1. The molecule has 0 aliphatic rings. The number of carboxylic acids is 1. The molecule has 0 bridgehead atoms. The van der Waals surface area contributed by atoms with Gasteiger partial charge in [0.25, 0.3) is 0 Å². The Hall–Kier alpha value is -1.82. The average molecular weight is 255 g/mol. The van der Waals surface area contributed by atoms with E-state index in [1.807, 2.05) is 0 Å². The maximum absolute atomic E-state index is 11.4. The maximum atomic E-state index is 11.4. The van der Waals surface area contributed by atoms with E-state index in [0.29, 0.717) is 11.3 Å². The van der Waals surface area contributed by atoms with E-state index < -0.39 is 16.0 Å². The number of benzene rings is 1. The van der Waals surface area contributed by atoms with E-state index in [0.717, 1.165) is 0 Å². The van der Waals surface area contributed by atoms with Crippen molar-refractivity contribution in [2.45, 2.75) is 6.42 Å². The van der Waals surface area contributed by atoms with Crippen molar-refractivity contribution in [3.05, 3.63) is 42.5 Å². The highest BCUT2D eigenvalue weighted by Gasteiger charge is 2.07. The Balaban J connectivity index is 2.75. The predicted molar refractivity (Wildman–Crippen MR) is 65.4 cm³/mol. The van der Waals surface area contributed by atoms with Gasteiger partial charge in [-0.15, -0.1) is 6.58 Å². The lowest BCUT2D eigenvalue weighted by molar-refractivity contribution is -0.136. The van der Waals surface area contributed by atoms with Crippen LogP contribution >= 0.6 is 0 Å². The van der Waals surface area contributed by atoms with Gasteiger partial charge in [-0.05, 0) is 17.7 Å². The molecular formula is C11H13NO4S. The molecule has 17 heavy (non-hydrogen) atoms. The number of sulfonamides is 1. The van der Waals surface area contributed by atoms with Gasteiger partial charge in [0, 0.05) is 5.69 Å². The van der Waals surface area contributed by atoms with E-state index in [1.54, 1.807) is 12.1 Å². The van der Waals surface area contributed by atoms with Crippen LogP contribution in [-0.2, 0) is 21.2 Å². The maximum Gasteiger partial charge on any atom is 0.307 e. The van der Waals surface area contributed by atoms with Crippen LogP contribution in [0, 0.1) is 0 Å². The largest absolute Gasteiger partial charge is 0.481 e. The fourth-order valence-corrected chi connectivity index (χ4v) is 2.13. The average Bonchev–Trinajstić information content (AvgIpc) is 2.19. The molecule has 2 N–H and O–H groups in total. The molecule has 0 fully saturated rings. The van der Waals surface area contributed by atoms with Gasteiger partial charge >= 0.3 is 5.97 Å². The van der Waals surface area contributed by atoms with Gasteiger partial charge < -0.3 is 5.11 Å². The number of nitrogens with one attached hydrogen (secondary N) is 1. The van der Waals surface area contributed by atoms with Crippen molar-refractivity contribution in [3.63, 3.8) is 0 Å². The second-order valence-electron chi connectivity index (χ2n) is 3.44.